The Morgan fingerprint density at radius 3 is 2.61 bits per heavy atom. The van der Waals surface area contributed by atoms with E-state index in [2.05, 4.69) is 35.5 Å². The van der Waals surface area contributed by atoms with Crippen LogP contribution in [-0.2, 0) is 13.5 Å². The second-order valence-corrected chi connectivity index (χ2v) is 4.20. The minimum atomic E-state index is -0.369. The molecule has 92 valence electrons. The first-order chi connectivity index (χ1) is 8.72. The van der Waals surface area contributed by atoms with Crippen LogP contribution in [0.3, 0.4) is 0 Å². The molecule has 1 N–H and O–H groups in total. The van der Waals surface area contributed by atoms with Crippen molar-refractivity contribution in [3.8, 4) is 6.07 Å². The van der Waals surface area contributed by atoms with Gasteiger partial charge in [0.1, 0.15) is 6.04 Å². The molecule has 18 heavy (non-hydrogen) atoms. The van der Waals surface area contributed by atoms with E-state index < -0.39 is 0 Å². The van der Waals surface area contributed by atoms with E-state index in [4.69, 9.17) is 0 Å². The van der Waals surface area contributed by atoms with Crippen molar-refractivity contribution < 1.29 is 0 Å². The number of aromatic nitrogens is 2. The Morgan fingerprint density at radius 2 is 2.11 bits per heavy atom. The van der Waals surface area contributed by atoms with Crippen molar-refractivity contribution in [1.29, 1.82) is 5.26 Å². The van der Waals surface area contributed by atoms with Gasteiger partial charge in [-0.05, 0) is 24.1 Å². The van der Waals surface area contributed by atoms with Crippen molar-refractivity contribution in [2.75, 3.05) is 5.32 Å². The molecule has 0 aliphatic carbocycles. The summed E-state index contributed by atoms with van der Waals surface area (Å²) in [6.07, 6.45) is 4.58. The first kappa shape index (κ1) is 12.2. The Kier molecular flexibility index (Phi) is 3.63. The van der Waals surface area contributed by atoms with Crippen molar-refractivity contribution in [1.82, 2.24) is 9.78 Å². The number of aryl methyl sites for hydroxylation is 2. The number of anilines is 1. The fourth-order valence-electron chi connectivity index (χ4n) is 1.78. The maximum atomic E-state index is 9.20. The van der Waals surface area contributed by atoms with Crippen LogP contribution in [-0.4, -0.2) is 9.78 Å². The number of hydrogen-bond acceptors (Lipinski definition) is 3. The van der Waals surface area contributed by atoms with Crippen molar-refractivity contribution in [2.24, 2.45) is 7.05 Å². The van der Waals surface area contributed by atoms with Crippen molar-refractivity contribution in [2.45, 2.75) is 19.4 Å². The van der Waals surface area contributed by atoms with Crippen LogP contribution in [0.5, 0.6) is 0 Å². The van der Waals surface area contributed by atoms with Gasteiger partial charge in [-0.1, -0.05) is 19.1 Å². The molecule has 4 heteroatoms. The van der Waals surface area contributed by atoms with E-state index in [0.717, 1.165) is 17.7 Å². The van der Waals surface area contributed by atoms with Gasteiger partial charge in [-0.3, -0.25) is 4.68 Å². The van der Waals surface area contributed by atoms with E-state index in [9.17, 15) is 5.26 Å². The molecule has 1 aromatic carbocycles. The van der Waals surface area contributed by atoms with Gasteiger partial charge in [-0.2, -0.15) is 10.4 Å². The predicted octanol–water partition coefficient (Wildman–Crippen LogP) is 2.66. The zero-order chi connectivity index (χ0) is 13.0. The maximum absolute atomic E-state index is 9.20. The highest BCUT2D eigenvalue weighted by atomic mass is 15.2. The van der Waals surface area contributed by atoms with Gasteiger partial charge < -0.3 is 5.32 Å². The van der Waals surface area contributed by atoms with Gasteiger partial charge in [0.2, 0.25) is 0 Å². The third kappa shape index (κ3) is 2.69. The number of rotatable bonds is 4. The lowest BCUT2D eigenvalue weighted by atomic mass is 10.1. The van der Waals surface area contributed by atoms with Crippen LogP contribution in [0.1, 0.15) is 24.1 Å². The van der Waals surface area contributed by atoms with Gasteiger partial charge in [-0.25, -0.2) is 0 Å². The maximum Gasteiger partial charge on any atom is 0.143 e. The van der Waals surface area contributed by atoms with Gasteiger partial charge >= 0.3 is 0 Å². The van der Waals surface area contributed by atoms with Gasteiger partial charge in [0.25, 0.3) is 0 Å². The average molecular weight is 240 g/mol. The van der Waals surface area contributed by atoms with Crippen LogP contribution in [0.2, 0.25) is 0 Å². The highest BCUT2D eigenvalue weighted by Gasteiger charge is 2.11. The third-order valence-corrected chi connectivity index (χ3v) is 2.86. The molecule has 0 unspecified atom stereocenters. The van der Waals surface area contributed by atoms with Crippen LogP contribution in [0.15, 0.2) is 36.7 Å². The minimum Gasteiger partial charge on any atom is -0.366 e. The fourth-order valence-corrected chi connectivity index (χ4v) is 1.78. The van der Waals surface area contributed by atoms with Crippen molar-refractivity contribution in [3.05, 3.63) is 47.8 Å². The van der Waals surface area contributed by atoms with E-state index in [1.807, 2.05) is 25.4 Å². The number of benzene rings is 1. The lowest BCUT2D eigenvalue weighted by Crippen LogP contribution is -2.07. The summed E-state index contributed by atoms with van der Waals surface area (Å²) in [4.78, 5) is 0. The topological polar surface area (TPSA) is 53.6 Å². The highest BCUT2D eigenvalue weighted by Crippen LogP contribution is 2.19. The molecule has 0 aliphatic rings. The number of nitrogens with zero attached hydrogens (tertiary/aromatic N) is 3. The molecular weight excluding hydrogens is 224 g/mol. The van der Waals surface area contributed by atoms with Gasteiger partial charge in [0, 0.05) is 24.5 Å². The molecule has 2 aromatic rings. The quantitative estimate of drug-likeness (QED) is 0.893. The molecule has 0 aliphatic heterocycles. The SMILES string of the molecule is CCc1ccc(N[C@H](C#N)c2cnn(C)c2)cc1. The largest absolute Gasteiger partial charge is 0.366 e. The lowest BCUT2D eigenvalue weighted by Gasteiger charge is -2.11. The second kappa shape index (κ2) is 5.37. The summed E-state index contributed by atoms with van der Waals surface area (Å²) >= 11 is 0. The van der Waals surface area contributed by atoms with E-state index in [0.29, 0.717) is 0 Å². The average Bonchev–Trinajstić information content (AvgIpc) is 2.83. The van der Waals surface area contributed by atoms with Gasteiger partial charge in [0.15, 0.2) is 0 Å². The Bertz CT molecular complexity index is 548. The summed E-state index contributed by atoms with van der Waals surface area (Å²) in [5.74, 6) is 0. The molecular formula is C14H16N4. The van der Waals surface area contributed by atoms with E-state index >= 15 is 0 Å². The van der Waals surface area contributed by atoms with Crippen LogP contribution in [0, 0.1) is 11.3 Å². The van der Waals surface area contributed by atoms with Gasteiger partial charge in [0.05, 0.1) is 12.3 Å². The molecule has 0 saturated heterocycles. The predicted molar refractivity (Wildman–Crippen MR) is 71.0 cm³/mol. The van der Waals surface area contributed by atoms with Crippen LogP contribution < -0.4 is 5.32 Å². The van der Waals surface area contributed by atoms with Gasteiger partial charge in [-0.15, -0.1) is 0 Å². The summed E-state index contributed by atoms with van der Waals surface area (Å²) in [5.41, 5.74) is 3.11. The summed E-state index contributed by atoms with van der Waals surface area (Å²) < 4.78 is 1.70. The molecule has 0 spiro atoms. The Balaban J connectivity index is 2.13. The summed E-state index contributed by atoms with van der Waals surface area (Å²) in [6, 6.07) is 10.0. The van der Waals surface area contributed by atoms with Crippen molar-refractivity contribution >= 4 is 5.69 Å². The van der Waals surface area contributed by atoms with E-state index in [1.54, 1.807) is 10.9 Å². The highest BCUT2D eigenvalue weighted by molar-refractivity contribution is 5.48. The molecule has 0 saturated carbocycles. The Hall–Kier alpha value is -2.28. The molecule has 0 fully saturated rings. The number of hydrogen-bond donors (Lipinski definition) is 1. The van der Waals surface area contributed by atoms with Crippen LogP contribution >= 0.6 is 0 Å². The lowest BCUT2D eigenvalue weighted by molar-refractivity contribution is 0.766. The fraction of sp³-hybridized carbons (Fsp3) is 0.286. The third-order valence-electron chi connectivity index (χ3n) is 2.86. The molecule has 0 bridgehead atoms. The van der Waals surface area contributed by atoms with Crippen molar-refractivity contribution in [3.63, 3.8) is 0 Å². The van der Waals surface area contributed by atoms with E-state index in [1.165, 1.54) is 5.56 Å². The molecule has 0 radical (unpaired) electrons. The minimum absolute atomic E-state index is 0.369. The number of nitriles is 1. The molecule has 4 nitrogen and oxygen atoms in total. The molecule has 1 heterocycles. The monoisotopic (exact) mass is 240 g/mol. The Labute approximate surface area is 107 Å². The molecule has 1 aromatic heterocycles. The normalized spacial score (nSPS) is 11.8. The smallest absolute Gasteiger partial charge is 0.143 e. The molecule has 0 amide bonds. The Morgan fingerprint density at radius 1 is 1.39 bits per heavy atom. The summed E-state index contributed by atoms with van der Waals surface area (Å²) in [7, 11) is 1.84. The van der Waals surface area contributed by atoms with Crippen LogP contribution in [0.4, 0.5) is 5.69 Å². The van der Waals surface area contributed by atoms with E-state index in [-0.39, 0.29) is 6.04 Å². The first-order valence-electron chi connectivity index (χ1n) is 5.96. The molecule has 1 atom stereocenters. The summed E-state index contributed by atoms with van der Waals surface area (Å²) in [5, 5.41) is 16.5. The standard InChI is InChI=1S/C14H16N4/c1-3-11-4-6-13(7-5-11)17-14(8-15)12-9-16-18(2)10-12/h4-7,9-10,14,17H,3H2,1-2H3/t14-/m1/s1. The number of nitrogens with one attached hydrogen (secondary N) is 1. The van der Waals surface area contributed by atoms with Crippen LogP contribution in [0.25, 0.3) is 0 Å². The zero-order valence-electron chi connectivity index (χ0n) is 10.6. The second-order valence-electron chi connectivity index (χ2n) is 4.20. The first-order valence-corrected chi connectivity index (χ1v) is 5.96. The molecule has 2 rings (SSSR count). The summed E-state index contributed by atoms with van der Waals surface area (Å²) in [6.45, 7) is 2.12. The zero-order valence-corrected chi connectivity index (χ0v) is 10.6.